The van der Waals surface area contributed by atoms with Gasteiger partial charge in [-0.3, -0.25) is 0 Å². The minimum atomic E-state index is 0.417. The van der Waals surface area contributed by atoms with E-state index in [2.05, 4.69) is 51.4 Å². The molecule has 0 radical (unpaired) electrons. The van der Waals surface area contributed by atoms with Crippen LogP contribution < -0.4 is 4.90 Å². The molecule has 4 aromatic rings. The standard InChI is InChI=1S/C25H26N6S/c1-2-6-18(7-3-1)10-11-22-28-24(23-20-8-4-5-9-21(20)32-25(23)29-22)30-14-12-19(13-15-30)31-17-26-16-27-31/h1-3,6-7,10-11,16-17,19H,4-5,8-9,12-15H2/b11-10+. The second kappa shape index (κ2) is 8.47. The Hall–Kier alpha value is -3.06. The predicted molar refractivity (Wildman–Crippen MR) is 130 cm³/mol. The molecule has 1 saturated heterocycles. The molecule has 0 spiro atoms. The molecule has 1 aromatic carbocycles. The highest BCUT2D eigenvalue weighted by atomic mass is 32.1. The summed E-state index contributed by atoms with van der Waals surface area (Å²) in [6, 6.07) is 10.8. The predicted octanol–water partition coefficient (Wildman–Crippen LogP) is 5.17. The van der Waals surface area contributed by atoms with Crippen LogP contribution in [0.4, 0.5) is 5.82 Å². The first kappa shape index (κ1) is 19.6. The molecule has 0 unspecified atom stereocenters. The molecule has 1 aliphatic heterocycles. The van der Waals surface area contributed by atoms with E-state index in [1.807, 2.05) is 28.4 Å². The van der Waals surface area contributed by atoms with Crippen LogP contribution in [0.2, 0.25) is 0 Å². The van der Waals surface area contributed by atoms with E-state index in [0.717, 1.165) is 54.4 Å². The fourth-order valence-electron chi connectivity index (χ4n) is 4.94. The highest BCUT2D eigenvalue weighted by molar-refractivity contribution is 7.19. The van der Waals surface area contributed by atoms with Gasteiger partial charge in [0.15, 0.2) is 5.82 Å². The summed E-state index contributed by atoms with van der Waals surface area (Å²) in [7, 11) is 0. The number of piperidine rings is 1. The average molecular weight is 443 g/mol. The van der Waals surface area contributed by atoms with Crippen molar-refractivity contribution in [3.63, 3.8) is 0 Å². The number of fused-ring (bicyclic) bond motifs is 3. The first-order valence-electron chi connectivity index (χ1n) is 11.5. The Bertz CT molecular complexity index is 1240. The van der Waals surface area contributed by atoms with Crippen LogP contribution in [-0.2, 0) is 12.8 Å². The van der Waals surface area contributed by atoms with Crippen LogP contribution in [0.5, 0.6) is 0 Å². The van der Waals surface area contributed by atoms with Crippen molar-refractivity contribution in [2.24, 2.45) is 0 Å². The maximum atomic E-state index is 5.11. The molecule has 32 heavy (non-hydrogen) atoms. The Kier molecular flexibility index (Phi) is 5.19. The van der Waals surface area contributed by atoms with E-state index >= 15 is 0 Å². The van der Waals surface area contributed by atoms with E-state index in [4.69, 9.17) is 9.97 Å². The molecule has 2 aliphatic rings. The van der Waals surface area contributed by atoms with Crippen molar-refractivity contribution in [2.45, 2.75) is 44.6 Å². The lowest BCUT2D eigenvalue weighted by molar-refractivity contribution is 0.365. The lowest BCUT2D eigenvalue weighted by atomic mass is 9.96. The minimum absolute atomic E-state index is 0.417. The van der Waals surface area contributed by atoms with Gasteiger partial charge in [-0.2, -0.15) is 5.10 Å². The number of hydrogen-bond donors (Lipinski definition) is 0. The van der Waals surface area contributed by atoms with Gasteiger partial charge in [-0.25, -0.2) is 19.6 Å². The summed E-state index contributed by atoms with van der Waals surface area (Å²) < 4.78 is 2.01. The third kappa shape index (κ3) is 3.71. The third-order valence-corrected chi connectivity index (χ3v) is 7.80. The van der Waals surface area contributed by atoms with Crippen molar-refractivity contribution >= 4 is 39.5 Å². The van der Waals surface area contributed by atoms with Crippen molar-refractivity contribution in [2.75, 3.05) is 18.0 Å². The van der Waals surface area contributed by atoms with Crippen molar-refractivity contribution in [3.8, 4) is 0 Å². The Morgan fingerprint density at radius 2 is 1.81 bits per heavy atom. The van der Waals surface area contributed by atoms with Gasteiger partial charge in [-0.1, -0.05) is 36.4 Å². The van der Waals surface area contributed by atoms with Gasteiger partial charge in [-0.15, -0.1) is 11.3 Å². The number of anilines is 1. The highest BCUT2D eigenvalue weighted by Gasteiger charge is 2.27. The summed E-state index contributed by atoms with van der Waals surface area (Å²) in [5, 5.41) is 5.66. The van der Waals surface area contributed by atoms with Crippen LogP contribution in [0.25, 0.3) is 22.4 Å². The zero-order valence-corrected chi connectivity index (χ0v) is 18.8. The number of aromatic nitrogens is 5. The Balaban J connectivity index is 1.37. The fourth-order valence-corrected chi connectivity index (χ4v) is 6.20. The lowest BCUT2D eigenvalue weighted by Crippen LogP contribution is -2.35. The first-order valence-corrected chi connectivity index (χ1v) is 12.3. The van der Waals surface area contributed by atoms with Crippen molar-refractivity contribution in [1.82, 2.24) is 24.7 Å². The molecule has 1 fully saturated rings. The molecule has 4 heterocycles. The van der Waals surface area contributed by atoms with Gasteiger partial charge in [0.2, 0.25) is 0 Å². The van der Waals surface area contributed by atoms with Gasteiger partial charge in [0, 0.05) is 18.0 Å². The molecule has 0 bridgehead atoms. The summed E-state index contributed by atoms with van der Waals surface area (Å²) in [4.78, 5) is 19.3. The Labute approximate surface area is 191 Å². The molecule has 0 N–H and O–H groups in total. The fraction of sp³-hybridized carbons (Fsp3) is 0.360. The SMILES string of the molecule is C(=C\c1nc(N2CCC(n3cncn3)CC2)c2c3c(sc2n1)CCCC3)/c1ccccc1. The van der Waals surface area contributed by atoms with Crippen LogP contribution >= 0.6 is 11.3 Å². The van der Waals surface area contributed by atoms with E-state index in [9.17, 15) is 0 Å². The smallest absolute Gasteiger partial charge is 0.155 e. The molecule has 3 aromatic heterocycles. The van der Waals surface area contributed by atoms with Crippen molar-refractivity contribution in [1.29, 1.82) is 0 Å². The van der Waals surface area contributed by atoms with Crippen molar-refractivity contribution in [3.05, 3.63) is 64.8 Å². The van der Waals surface area contributed by atoms with E-state index in [-0.39, 0.29) is 0 Å². The van der Waals surface area contributed by atoms with Crippen LogP contribution in [0, 0.1) is 0 Å². The molecule has 0 atom stereocenters. The molecule has 0 amide bonds. The van der Waals surface area contributed by atoms with E-state index in [1.54, 1.807) is 6.33 Å². The number of nitrogens with zero attached hydrogens (tertiary/aromatic N) is 6. The number of benzene rings is 1. The van der Waals surface area contributed by atoms with Crippen LogP contribution in [0.3, 0.4) is 0 Å². The summed E-state index contributed by atoms with van der Waals surface area (Å²) in [5.41, 5.74) is 2.67. The molecule has 1 aliphatic carbocycles. The Morgan fingerprint density at radius 1 is 0.969 bits per heavy atom. The highest BCUT2D eigenvalue weighted by Crippen LogP contribution is 2.41. The van der Waals surface area contributed by atoms with E-state index in [0.29, 0.717) is 6.04 Å². The number of rotatable bonds is 4. The van der Waals surface area contributed by atoms with Gasteiger partial charge in [-0.05, 0) is 55.7 Å². The zero-order valence-electron chi connectivity index (χ0n) is 18.0. The second-order valence-electron chi connectivity index (χ2n) is 8.63. The number of hydrogen-bond acceptors (Lipinski definition) is 6. The normalized spacial score (nSPS) is 17.3. The summed E-state index contributed by atoms with van der Waals surface area (Å²) in [6.45, 7) is 1.95. The summed E-state index contributed by atoms with van der Waals surface area (Å²) in [5.74, 6) is 1.92. The van der Waals surface area contributed by atoms with Gasteiger partial charge >= 0.3 is 0 Å². The number of aryl methyl sites for hydroxylation is 2. The van der Waals surface area contributed by atoms with E-state index < -0.39 is 0 Å². The quantitative estimate of drug-likeness (QED) is 0.436. The lowest BCUT2D eigenvalue weighted by Gasteiger charge is -2.33. The monoisotopic (exact) mass is 442 g/mol. The van der Waals surface area contributed by atoms with Crippen molar-refractivity contribution < 1.29 is 0 Å². The van der Waals surface area contributed by atoms with Gasteiger partial charge in [0.1, 0.15) is 23.3 Å². The molecule has 0 saturated carbocycles. The first-order chi connectivity index (χ1) is 15.8. The average Bonchev–Trinajstić information content (AvgIpc) is 3.51. The molecular formula is C25H26N6S. The minimum Gasteiger partial charge on any atom is -0.356 e. The summed E-state index contributed by atoms with van der Waals surface area (Å²) in [6.07, 6.45) is 14.6. The zero-order chi connectivity index (χ0) is 21.3. The molecule has 6 nitrogen and oxygen atoms in total. The van der Waals surface area contributed by atoms with Gasteiger partial charge in [0.25, 0.3) is 0 Å². The Morgan fingerprint density at radius 3 is 2.62 bits per heavy atom. The molecule has 162 valence electrons. The second-order valence-corrected chi connectivity index (χ2v) is 9.72. The number of thiophene rings is 1. The molecule has 6 rings (SSSR count). The molecule has 7 heteroatoms. The third-order valence-electron chi connectivity index (χ3n) is 6.61. The largest absolute Gasteiger partial charge is 0.356 e. The van der Waals surface area contributed by atoms with Gasteiger partial charge < -0.3 is 4.90 Å². The van der Waals surface area contributed by atoms with E-state index in [1.165, 1.54) is 35.1 Å². The summed E-state index contributed by atoms with van der Waals surface area (Å²) >= 11 is 1.88. The molecular weight excluding hydrogens is 416 g/mol. The maximum Gasteiger partial charge on any atom is 0.155 e. The maximum absolute atomic E-state index is 5.11. The van der Waals surface area contributed by atoms with Gasteiger partial charge in [0.05, 0.1) is 11.4 Å². The topological polar surface area (TPSA) is 59.7 Å². The van der Waals surface area contributed by atoms with Crippen LogP contribution in [0.1, 0.15) is 53.6 Å². The van der Waals surface area contributed by atoms with Crippen LogP contribution in [0.15, 0.2) is 43.0 Å². The van der Waals surface area contributed by atoms with Crippen LogP contribution in [-0.4, -0.2) is 37.8 Å².